The van der Waals surface area contributed by atoms with E-state index in [-0.39, 0.29) is 10.7 Å². The summed E-state index contributed by atoms with van der Waals surface area (Å²) in [6.07, 6.45) is 4.67. The summed E-state index contributed by atoms with van der Waals surface area (Å²) >= 11 is 5.90. The summed E-state index contributed by atoms with van der Waals surface area (Å²) in [5.41, 5.74) is 0.453. The topological polar surface area (TPSA) is 80.1 Å². The number of pyridine rings is 1. The minimum absolute atomic E-state index is 0.106. The number of halogens is 1. The number of hydrogen-bond acceptors (Lipinski definition) is 6. The van der Waals surface area contributed by atoms with Crippen molar-refractivity contribution in [3.05, 3.63) is 35.2 Å². The molecule has 0 aromatic carbocycles. The lowest BCUT2D eigenvalue weighted by molar-refractivity contribution is 0.571. The molecule has 1 N–H and O–H groups in total. The molecule has 132 valence electrons. The Bertz CT molecular complexity index is 955. The third-order valence-electron chi connectivity index (χ3n) is 2.63. The van der Waals surface area contributed by atoms with Gasteiger partial charge in [0.15, 0.2) is 11.6 Å². The minimum Gasteiger partial charge on any atom is -0.324 e. The zero-order chi connectivity index (χ0) is 18.7. The number of hydrogen-bond donors (Lipinski definition) is 1. The van der Waals surface area contributed by atoms with Gasteiger partial charge in [-0.25, -0.2) is 14.2 Å². The van der Waals surface area contributed by atoms with E-state index in [1.807, 2.05) is 20.8 Å². The largest absolute Gasteiger partial charge is 0.324 e. The smallest absolute Gasteiger partial charge is 0.224 e. The van der Waals surface area contributed by atoms with Crippen molar-refractivity contribution in [1.29, 1.82) is 0 Å². The molecule has 0 unspecified atom stereocenters. The highest BCUT2D eigenvalue weighted by Crippen LogP contribution is 2.21. The van der Waals surface area contributed by atoms with Crippen molar-refractivity contribution in [2.24, 2.45) is 9.78 Å². The summed E-state index contributed by atoms with van der Waals surface area (Å²) in [4.78, 5) is 12.5. The van der Waals surface area contributed by atoms with Crippen molar-refractivity contribution in [1.82, 2.24) is 15.0 Å². The number of anilines is 2. The highest BCUT2D eigenvalue weighted by atomic mass is 35.5. The molecule has 0 aliphatic rings. The summed E-state index contributed by atoms with van der Waals surface area (Å²) in [6, 6.07) is 5.21. The van der Waals surface area contributed by atoms with Gasteiger partial charge in [-0.15, -0.1) is 0 Å². The number of rotatable bonds is 3. The van der Waals surface area contributed by atoms with Crippen LogP contribution in [0.3, 0.4) is 0 Å². The Labute approximate surface area is 153 Å². The third-order valence-corrected chi connectivity index (χ3v) is 3.43. The zero-order valence-corrected chi connectivity index (χ0v) is 16.4. The van der Waals surface area contributed by atoms with Gasteiger partial charge in [-0.3, -0.25) is 0 Å². The lowest BCUT2D eigenvalue weighted by Crippen LogP contribution is -2.02. The van der Waals surface area contributed by atoms with Crippen LogP contribution < -0.4 is 5.32 Å². The molecular weight excluding hydrogens is 358 g/mol. The van der Waals surface area contributed by atoms with Crippen LogP contribution in [-0.2, 0) is 9.73 Å². The van der Waals surface area contributed by atoms with E-state index in [1.165, 1.54) is 0 Å². The third kappa shape index (κ3) is 6.69. The molecule has 0 aliphatic carbocycles. The van der Waals surface area contributed by atoms with Crippen LogP contribution in [0, 0.1) is 17.3 Å². The van der Waals surface area contributed by atoms with Gasteiger partial charge in [0.05, 0.1) is 5.56 Å². The van der Waals surface area contributed by atoms with Crippen LogP contribution in [-0.4, -0.2) is 31.7 Å². The first kappa shape index (κ1) is 19.2. The van der Waals surface area contributed by atoms with Crippen LogP contribution in [0.15, 0.2) is 28.8 Å². The summed E-state index contributed by atoms with van der Waals surface area (Å²) in [5, 5.41) is 3.18. The van der Waals surface area contributed by atoms with Gasteiger partial charge >= 0.3 is 0 Å². The first-order valence-electron chi connectivity index (χ1n) is 7.49. The monoisotopic (exact) mass is 377 g/mol. The highest BCUT2D eigenvalue weighted by Gasteiger charge is 2.09. The van der Waals surface area contributed by atoms with Crippen molar-refractivity contribution in [2.75, 3.05) is 17.8 Å². The van der Waals surface area contributed by atoms with Crippen LogP contribution >= 0.6 is 11.6 Å². The van der Waals surface area contributed by atoms with Crippen LogP contribution in [0.25, 0.3) is 0 Å². The van der Waals surface area contributed by atoms with Crippen molar-refractivity contribution < 1.29 is 4.21 Å². The molecule has 0 saturated heterocycles. The molecule has 6 nitrogen and oxygen atoms in total. The van der Waals surface area contributed by atoms with E-state index in [4.69, 9.17) is 11.6 Å². The molecule has 25 heavy (non-hydrogen) atoms. The molecular formula is C17H20ClN5OS. The first-order chi connectivity index (χ1) is 11.5. The van der Waals surface area contributed by atoms with Gasteiger partial charge < -0.3 is 5.32 Å². The van der Waals surface area contributed by atoms with Gasteiger partial charge in [0.1, 0.15) is 5.82 Å². The predicted molar refractivity (Wildman–Crippen MR) is 103 cm³/mol. The van der Waals surface area contributed by atoms with E-state index in [0.717, 1.165) is 0 Å². The quantitative estimate of drug-likeness (QED) is 0.645. The molecule has 2 rings (SSSR count). The molecule has 0 fully saturated rings. The van der Waals surface area contributed by atoms with Crippen molar-refractivity contribution in [3.8, 4) is 11.8 Å². The molecule has 0 saturated carbocycles. The summed E-state index contributed by atoms with van der Waals surface area (Å²) in [7, 11) is -2.29. The molecule has 2 aromatic rings. The molecule has 8 heteroatoms. The fourth-order valence-electron chi connectivity index (χ4n) is 1.69. The maximum absolute atomic E-state index is 11.8. The van der Waals surface area contributed by atoms with E-state index in [9.17, 15) is 4.21 Å². The lowest BCUT2D eigenvalue weighted by Gasteiger charge is -2.09. The molecule has 0 amide bonds. The summed E-state index contributed by atoms with van der Waals surface area (Å²) < 4.78 is 15.9. The molecule has 2 aromatic heterocycles. The normalized spacial score (nSPS) is 11.4. The van der Waals surface area contributed by atoms with E-state index < -0.39 is 9.73 Å². The van der Waals surface area contributed by atoms with Gasteiger partial charge in [-0.1, -0.05) is 17.9 Å². The Kier molecular flexibility index (Phi) is 5.65. The van der Waals surface area contributed by atoms with Crippen LogP contribution in [0.2, 0.25) is 5.28 Å². The molecule has 0 radical (unpaired) electrons. The molecule has 0 atom stereocenters. The van der Waals surface area contributed by atoms with Crippen LogP contribution in [0.4, 0.5) is 17.5 Å². The maximum Gasteiger partial charge on any atom is 0.224 e. The Morgan fingerprint density at radius 1 is 1.24 bits per heavy atom. The standard InChI is InChI=1S/C17H20ClN5OS/c1-17(2,3)10-9-12-11-19-16(18)22-15(12)21-13-7-6-8-14(20-13)23-25(4,5)24/h6-8,11H,1-5H3,(H,19,20,21,22). The van der Waals surface area contributed by atoms with Crippen LogP contribution in [0.5, 0.6) is 0 Å². The Hall–Kier alpha value is -2.17. The van der Waals surface area contributed by atoms with Gasteiger partial charge in [0, 0.05) is 33.9 Å². The van der Waals surface area contributed by atoms with E-state index >= 15 is 0 Å². The summed E-state index contributed by atoms with van der Waals surface area (Å²) in [5.74, 6) is 7.53. The second kappa shape index (κ2) is 7.38. The van der Waals surface area contributed by atoms with E-state index in [1.54, 1.807) is 36.9 Å². The second-order valence-corrected chi connectivity index (χ2v) is 9.56. The Morgan fingerprint density at radius 2 is 1.96 bits per heavy atom. The Morgan fingerprint density at radius 3 is 2.60 bits per heavy atom. The van der Waals surface area contributed by atoms with Gasteiger partial charge in [-0.2, -0.15) is 9.35 Å². The maximum atomic E-state index is 11.8. The lowest BCUT2D eigenvalue weighted by atomic mass is 9.97. The number of nitrogens with zero attached hydrogens (tertiary/aromatic N) is 4. The van der Waals surface area contributed by atoms with Crippen molar-refractivity contribution >= 4 is 38.8 Å². The molecule has 2 heterocycles. The molecule has 0 spiro atoms. The second-order valence-electron chi connectivity index (χ2n) is 6.68. The highest BCUT2D eigenvalue weighted by molar-refractivity contribution is 7.92. The van der Waals surface area contributed by atoms with Gasteiger partial charge in [-0.05, 0) is 44.5 Å². The predicted octanol–water partition coefficient (Wildman–Crippen LogP) is 4.03. The average molecular weight is 378 g/mol. The molecule has 0 bridgehead atoms. The fraction of sp³-hybridized carbons (Fsp3) is 0.353. The number of aromatic nitrogens is 3. The van der Waals surface area contributed by atoms with E-state index in [2.05, 4.69) is 36.5 Å². The SMILES string of the molecule is CC(C)(C)C#Cc1cnc(Cl)nc1Nc1cccc(N=S(C)(C)=O)n1. The average Bonchev–Trinajstić information content (AvgIpc) is 2.44. The zero-order valence-electron chi connectivity index (χ0n) is 14.8. The van der Waals surface area contributed by atoms with Crippen LogP contribution in [0.1, 0.15) is 26.3 Å². The van der Waals surface area contributed by atoms with Crippen molar-refractivity contribution in [3.63, 3.8) is 0 Å². The first-order valence-corrected chi connectivity index (χ1v) is 10.2. The Balaban J connectivity index is 2.40. The van der Waals surface area contributed by atoms with E-state index in [0.29, 0.717) is 23.0 Å². The minimum atomic E-state index is -2.29. The molecule has 0 aliphatic heterocycles. The van der Waals surface area contributed by atoms with Gasteiger partial charge in [0.25, 0.3) is 0 Å². The van der Waals surface area contributed by atoms with Gasteiger partial charge in [0.2, 0.25) is 5.28 Å². The fourth-order valence-corrected chi connectivity index (χ4v) is 2.38. The summed E-state index contributed by atoms with van der Waals surface area (Å²) in [6.45, 7) is 6.05. The number of nitrogens with one attached hydrogen (secondary N) is 1. The van der Waals surface area contributed by atoms with Crippen molar-refractivity contribution in [2.45, 2.75) is 20.8 Å².